The molecule has 7 heteroatoms. The standard InChI is InChI=1S/C12H9ClF3NO2/c1-2-19-11(18)8-4-3-7(5-13)10(9(8)6-17)12(14,15)16/h3-4H,2,5H2,1H3. The summed E-state index contributed by atoms with van der Waals surface area (Å²) in [4.78, 5) is 11.5. The molecule has 0 fully saturated rings. The van der Waals surface area contributed by atoms with Gasteiger partial charge in [-0.15, -0.1) is 11.6 Å². The number of alkyl halides is 4. The van der Waals surface area contributed by atoms with Crippen LogP contribution in [0.15, 0.2) is 12.1 Å². The number of hydrogen-bond acceptors (Lipinski definition) is 3. The van der Waals surface area contributed by atoms with E-state index in [1.807, 2.05) is 0 Å². The molecule has 102 valence electrons. The fourth-order valence-corrected chi connectivity index (χ4v) is 1.80. The molecule has 0 amide bonds. The molecule has 0 bridgehead atoms. The van der Waals surface area contributed by atoms with Crippen LogP contribution in [0.5, 0.6) is 0 Å². The van der Waals surface area contributed by atoms with Crippen molar-refractivity contribution in [3.05, 3.63) is 34.4 Å². The topological polar surface area (TPSA) is 50.1 Å². The van der Waals surface area contributed by atoms with Gasteiger partial charge >= 0.3 is 12.1 Å². The summed E-state index contributed by atoms with van der Waals surface area (Å²) >= 11 is 5.43. The zero-order valence-corrected chi connectivity index (χ0v) is 10.6. The summed E-state index contributed by atoms with van der Waals surface area (Å²) in [6.07, 6.45) is -4.77. The Morgan fingerprint density at radius 2 is 2.11 bits per heavy atom. The smallest absolute Gasteiger partial charge is 0.418 e. The third-order valence-corrected chi connectivity index (χ3v) is 2.61. The van der Waals surface area contributed by atoms with Gasteiger partial charge in [-0.2, -0.15) is 18.4 Å². The molecule has 0 saturated heterocycles. The van der Waals surface area contributed by atoms with Gasteiger partial charge < -0.3 is 4.74 Å². The number of benzene rings is 1. The number of hydrogen-bond donors (Lipinski definition) is 0. The molecule has 1 rings (SSSR count). The second-order valence-electron chi connectivity index (χ2n) is 3.49. The van der Waals surface area contributed by atoms with Crippen molar-refractivity contribution < 1.29 is 22.7 Å². The zero-order valence-electron chi connectivity index (χ0n) is 9.84. The van der Waals surface area contributed by atoms with Crippen LogP contribution in [0.25, 0.3) is 0 Å². The first kappa shape index (κ1) is 15.3. The second-order valence-corrected chi connectivity index (χ2v) is 3.75. The van der Waals surface area contributed by atoms with Crippen molar-refractivity contribution in [3.63, 3.8) is 0 Å². The fraction of sp³-hybridized carbons (Fsp3) is 0.333. The summed E-state index contributed by atoms with van der Waals surface area (Å²) in [6.45, 7) is 1.52. The van der Waals surface area contributed by atoms with Gasteiger partial charge in [-0.25, -0.2) is 4.79 Å². The number of halogens is 4. The largest absolute Gasteiger partial charge is 0.462 e. The minimum Gasteiger partial charge on any atom is -0.462 e. The van der Waals surface area contributed by atoms with Crippen LogP contribution in [0, 0.1) is 11.3 Å². The highest BCUT2D eigenvalue weighted by Crippen LogP contribution is 2.36. The van der Waals surface area contributed by atoms with E-state index < -0.39 is 34.7 Å². The first-order valence-corrected chi connectivity index (χ1v) is 5.76. The lowest BCUT2D eigenvalue weighted by Gasteiger charge is -2.15. The van der Waals surface area contributed by atoms with E-state index in [1.54, 1.807) is 0 Å². The van der Waals surface area contributed by atoms with Gasteiger partial charge in [0, 0.05) is 5.88 Å². The maximum atomic E-state index is 13.0. The van der Waals surface area contributed by atoms with Crippen LogP contribution in [-0.4, -0.2) is 12.6 Å². The second kappa shape index (κ2) is 5.93. The third-order valence-electron chi connectivity index (χ3n) is 2.33. The van der Waals surface area contributed by atoms with Gasteiger partial charge in [-0.1, -0.05) is 6.07 Å². The van der Waals surface area contributed by atoms with E-state index in [4.69, 9.17) is 16.9 Å². The molecule has 0 saturated carbocycles. The van der Waals surface area contributed by atoms with Crippen molar-refractivity contribution in [3.8, 4) is 6.07 Å². The van der Waals surface area contributed by atoms with Crippen molar-refractivity contribution in [2.24, 2.45) is 0 Å². The minimum atomic E-state index is -4.77. The van der Waals surface area contributed by atoms with E-state index in [9.17, 15) is 18.0 Å². The Balaban J connectivity index is 3.55. The SMILES string of the molecule is CCOC(=O)c1ccc(CCl)c(C(F)(F)F)c1C#N. The maximum absolute atomic E-state index is 13.0. The van der Waals surface area contributed by atoms with Crippen LogP contribution in [-0.2, 0) is 16.8 Å². The molecule has 0 aliphatic rings. The molecular formula is C12H9ClF3NO2. The molecule has 0 aliphatic heterocycles. The number of ether oxygens (including phenoxy) is 1. The lowest BCUT2D eigenvalue weighted by molar-refractivity contribution is -0.138. The summed E-state index contributed by atoms with van der Waals surface area (Å²) in [6, 6.07) is 3.59. The highest BCUT2D eigenvalue weighted by atomic mass is 35.5. The van der Waals surface area contributed by atoms with E-state index in [1.165, 1.54) is 13.0 Å². The van der Waals surface area contributed by atoms with E-state index >= 15 is 0 Å². The summed E-state index contributed by atoms with van der Waals surface area (Å²) in [5, 5.41) is 8.90. The molecule has 0 heterocycles. The predicted octanol–water partition coefficient (Wildman–Crippen LogP) is 3.49. The van der Waals surface area contributed by atoms with Crippen LogP contribution in [0.2, 0.25) is 0 Å². The monoisotopic (exact) mass is 291 g/mol. The van der Waals surface area contributed by atoms with Crippen molar-refractivity contribution in [1.29, 1.82) is 5.26 Å². The lowest BCUT2D eigenvalue weighted by Crippen LogP contribution is -2.16. The highest BCUT2D eigenvalue weighted by Gasteiger charge is 2.38. The van der Waals surface area contributed by atoms with Gasteiger partial charge in [0.25, 0.3) is 0 Å². The van der Waals surface area contributed by atoms with Crippen LogP contribution >= 0.6 is 11.6 Å². The van der Waals surface area contributed by atoms with Crippen molar-refractivity contribution in [2.75, 3.05) is 6.61 Å². The highest BCUT2D eigenvalue weighted by molar-refractivity contribution is 6.17. The molecule has 0 aromatic heterocycles. The third kappa shape index (κ3) is 3.18. The number of carbonyl (C=O) groups excluding carboxylic acids is 1. The molecule has 0 N–H and O–H groups in total. The Labute approximate surface area is 112 Å². The Kier molecular flexibility index (Phi) is 4.78. The van der Waals surface area contributed by atoms with Crippen molar-refractivity contribution >= 4 is 17.6 Å². The first-order chi connectivity index (χ1) is 8.86. The van der Waals surface area contributed by atoms with Crippen LogP contribution in [0.3, 0.4) is 0 Å². The molecule has 0 spiro atoms. The molecule has 0 radical (unpaired) electrons. The average molecular weight is 292 g/mol. The lowest BCUT2D eigenvalue weighted by atomic mass is 9.97. The molecule has 0 aliphatic carbocycles. The van der Waals surface area contributed by atoms with Crippen LogP contribution in [0.4, 0.5) is 13.2 Å². The zero-order chi connectivity index (χ0) is 14.6. The van der Waals surface area contributed by atoms with E-state index in [0.717, 1.165) is 12.1 Å². The molecule has 0 atom stereocenters. The number of nitriles is 1. The number of carbonyl (C=O) groups is 1. The van der Waals surface area contributed by atoms with Gasteiger partial charge in [-0.05, 0) is 18.6 Å². The van der Waals surface area contributed by atoms with Gasteiger partial charge in [0.15, 0.2) is 0 Å². The summed E-state index contributed by atoms with van der Waals surface area (Å²) in [5.74, 6) is -1.38. The molecule has 3 nitrogen and oxygen atoms in total. The normalized spacial score (nSPS) is 10.9. The number of rotatable bonds is 3. The minimum absolute atomic E-state index is 0.00229. The quantitative estimate of drug-likeness (QED) is 0.632. The maximum Gasteiger partial charge on any atom is 0.418 e. The van der Waals surface area contributed by atoms with Gasteiger partial charge in [0.05, 0.1) is 23.3 Å². The van der Waals surface area contributed by atoms with E-state index in [-0.39, 0.29) is 12.2 Å². The Bertz CT molecular complexity index is 535. The first-order valence-electron chi connectivity index (χ1n) is 5.23. The van der Waals surface area contributed by atoms with E-state index in [2.05, 4.69) is 4.74 Å². The summed E-state index contributed by atoms with van der Waals surface area (Å²) in [5.41, 5.74) is -2.61. The predicted molar refractivity (Wildman–Crippen MR) is 61.7 cm³/mol. The Hall–Kier alpha value is -1.74. The van der Waals surface area contributed by atoms with E-state index in [0.29, 0.717) is 0 Å². The summed E-state index contributed by atoms with van der Waals surface area (Å²) < 4.78 is 43.5. The van der Waals surface area contributed by atoms with Crippen molar-refractivity contribution in [2.45, 2.75) is 19.0 Å². The number of nitrogens with zero attached hydrogens (tertiary/aromatic N) is 1. The van der Waals surface area contributed by atoms with Gasteiger partial charge in [0.2, 0.25) is 0 Å². The average Bonchev–Trinajstić information content (AvgIpc) is 2.35. The summed E-state index contributed by atoms with van der Waals surface area (Å²) in [7, 11) is 0. The number of esters is 1. The van der Waals surface area contributed by atoms with Gasteiger partial charge in [-0.3, -0.25) is 0 Å². The molecule has 1 aromatic rings. The van der Waals surface area contributed by atoms with Gasteiger partial charge in [0.1, 0.15) is 6.07 Å². The Morgan fingerprint density at radius 1 is 1.47 bits per heavy atom. The Morgan fingerprint density at radius 3 is 2.53 bits per heavy atom. The van der Waals surface area contributed by atoms with Crippen LogP contribution < -0.4 is 0 Å². The molecular weight excluding hydrogens is 283 g/mol. The van der Waals surface area contributed by atoms with Crippen LogP contribution in [0.1, 0.15) is 34.0 Å². The van der Waals surface area contributed by atoms with Crippen molar-refractivity contribution in [1.82, 2.24) is 0 Å². The molecule has 19 heavy (non-hydrogen) atoms. The fourth-order valence-electron chi connectivity index (χ4n) is 1.58. The molecule has 1 aromatic carbocycles. The molecule has 0 unspecified atom stereocenters.